The van der Waals surface area contributed by atoms with E-state index in [1.165, 1.54) is 6.08 Å². The fourth-order valence-corrected chi connectivity index (χ4v) is 3.58. The van der Waals surface area contributed by atoms with E-state index in [4.69, 9.17) is 4.74 Å². The van der Waals surface area contributed by atoms with Gasteiger partial charge >= 0.3 is 127 Å². The summed E-state index contributed by atoms with van der Waals surface area (Å²) in [6, 6.07) is 7.50. The van der Waals surface area contributed by atoms with Crippen LogP contribution in [-0.4, -0.2) is 38.4 Å². The van der Waals surface area contributed by atoms with Crippen molar-refractivity contribution in [3.05, 3.63) is 46.4 Å². The number of carbonyl (C=O) groups excluding carboxylic acids is 2. The van der Waals surface area contributed by atoms with Crippen molar-refractivity contribution in [1.29, 1.82) is 0 Å². The molecule has 1 aromatic rings. The third-order valence-electron chi connectivity index (χ3n) is 4.37. The summed E-state index contributed by atoms with van der Waals surface area (Å²) < 4.78 is 41.1. The molecule has 2 rings (SSSR count). The van der Waals surface area contributed by atoms with Crippen molar-refractivity contribution >= 4 is 26.7 Å². The van der Waals surface area contributed by atoms with Crippen molar-refractivity contribution in [3.63, 3.8) is 0 Å². The molecule has 0 aliphatic heterocycles. The number of benzene rings is 1. The SMILES string of the molecule is CC(C(=O)OC/C=C/[Se]C(F)(F)F)c1ccc(CC2CCCC2=O)cc1. The van der Waals surface area contributed by atoms with Gasteiger partial charge in [-0.3, -0.25) is 4.79 Å². The molecule has 1 fully saturated rings. The van der Waals surface area contributed by atoms with Crippen LogP contribution in [0.15, 0.2) is 35.3 Å². The van der Waals surface area contributed by atoms with Gasteiger partial charge in [0.15, 0.2) is 0 Å². The van der Waals surface area contributed by atoms with E-state index in [1.807, 2.05) is 24.3 Å². The number of hydrogen-bond acceptors (Lipinski definition) is 3. The predicted octanol–water partition coefficient (Wildman–Crippen LogP) is 3.98. The number of rotatable bonds is 7. The van der Waals surface area contributed by atoms with Crippen LogP contribution < -0.4 is 0 Å². The van der Waals surface area contributed by atoms with Crippen LogP contribution in [0.25, 0.3) is 0 Å². The number of Topliss-reactive ketones (excluding diaryl/α,β-unsaturated/α-hetero) is 1. The molecule has 1 aliphatic rings. The molecule has 2 atom stereocenters. The molecule has 142 valence electrons. The Morgan fingerprint density at radius 1 is 1.35 bits per heavy atom. The second kappa shape index (κ2) is 9.38. The van der Waals surface area contributed by atoms with E-state index >= 15 is 0 Å². The summed E-state index contributed by atoms with van der Waals surface area (Å²) >= 11 is -1.60. The molecule has 0 spiro atoms. The molecule has 0 aromatic heterocycles. The van der Waals surface area contributed by atoms with Crippen molar-refractivity contribution in [2.45, 2.75) is 43.6 Å². The Morgan fingerprint density at radius 2 is 2.04 bits per heavy atom. The zero-order valence-corrected chi connectivity index (χ0v) is 16.1. The van der Waals surface area contributed by atoms with Crippen LogP contribution in [-0.2, 0) is 20.7 Å². The van der Waals surface area contributed by atoms with E-state index in [9.17, 15) is 22.8 Å². The van der Waals surface area contributed by atoms with Gasteiger partial charge in [-0.05, 0) is 12.8 Å². The van der Waals surface area contributed by atoms with Gasteiger partial charge in [0.25, 0.3) is 0 Å². The molecule has 2 unspecified atom stereocenters. The van der Waals surface area contributed by atoms with Gasteiger partial charge in [0.1, 0.15) is 5.78 Å². The average Bonchev–Trinajstić information content (AvgIpc) is 2.98. The summed E-state index contributed by atoms with van der Waals surface area (Å²) in [5.74, 6) is -0.550. The maximum absolute atomic E-state index is 12.0. The minimum absolute atomic E-state index is 0.105. The Labute approximate surface area is 157 Å². The molecule has 1 aromatic carbocycles. The van der Waals surface area contributed by atoms with Gasteiger partial charge in [0, 0.05) is 6.42 Å². The molecule has 0 heterocycles. The van der Waals surface area contributed by atoms with Crippen molar-refractivity contribution < 1.29 is 27.5 Å². The van der Waals surface area contributed by atoms with Crippen molar-refractivity contribution in [3.8, 4) is 0 Å². The number of hydrogen-bond donors (Lipinski definition) is 0. The van der Waals surface area contributed by atoms with Crippen LogP contribution in [0.2, 0.25) is 0 Å². The summed E-state index contributed by atoms with van der Waals surface area (Å²) in [6.45, 7) is 1.53. The molecule has 26 heavy (non-hydrogen) atoms. The number of halogens is 3. The van der Waals surface area contributed by atoms with Crippen molar-refractivity contribution in [2.24, 2.45) is 5.92 Å². The first-order valence-corrected chi connectivity index (χ1v) is 10.3. The quantitative estimate of drug-likeness (QED) is 0.483. The molecule has 0 radical (unpaired) electrons. The third-order valence-corrected chi connectivity index (χ3v) is 5.62. The van der Waals surface area contributed by atoms with E-state index in [0.29, 0.717) is 12.2 Å². The zero-order valence-electron chi connectivity index (χ0n) is 14.4. The summed E-state index contributed by atoms with van der Waals surface area (Å²) in [7, 11) is 0. The number of alkyl halides is 3. The fraction of sp³-hybridized carbons (Fsp3) is 0.474. The topological polar surface area (TPSA) is 43.4 Å². The van der Waals surface area contributed by atoms with Crippen molar-refractivity contribution in [2.75, 3.05) is 6.61 Å². The van der Waals surface area contributed by atoms with Crippen LogP contribution in [0.4, 0.5) is 13.2 Å². The molecule has 3 nitrogen and oxygen atoms in total. The first-order valence-electron chi connectivity index (χ1n) is 8.44. The molecule has 0 saturated heterocycles. The zero-order chi connectivity index (χ0) is 19.2. The summed E-state index contributed by atoms with van der Waals surface area (Å²) in [5.41, 5.74) is 1.84. The molecule has 1 aliphatic carbocycles. The van der Waals surface area contributed by atoms with Gasteiger partial charge in [-0.1, -0.05) is 0 Å². The van der Waals surface area contributed by atoms with E-state index in [1.54, 1.807) is 6.92 Å². The molecule has 7 heteroatoms. The van der Waals surface area contributed by atoms with Gasteiger partial charge in [-0.2, -0.15) is 0 Å². The van der Waals surface area contributed by atoms with Gasteiger partial charge in [0.2, 0.25) is 0 Å². The van der Waals surface area contributed by atoms with Crippen LogP contribution in [0.3, 0.4) is 0 Å². The second-order valence-electron chi connectivity index (χ2n) is 6.29. The average molecular weight is 433 g/mol. The number of ether oxygens (including phenoxy) is 1. The van der Waals surface area contributed by atoms with Crippen LogP contribution >= 0.6 is 0 Å². The second-order valence-corrected chi connectivity index (χ2v) is 8.33. The Bertz CT molecular complexity index is 653. The van der Waals surface area contributed by atoms with Gasteiger partial charge in [0.05, 0.1) is 0 Å². The van der Waals surface area contributed by atoms with Gasteiger partial charge in [-0.25, -0.2) is 0 Å². The molecular weight excluding hydrogens is 412 g/mol. The summed E-state index contributed by atoms with van der Waals surface area (Å²) in [5, 5.41) is -4.19. The van der Waals surface area contributed by atoms with E-state index in [-0.39, 0.29) is 12.5 Å². The van der Waals surface area contributed by atoms with Gasteiger partial charge < -0.3 is 0 Å². The van der Waals surface area contributed by atoms with Gasteiger partial charge in [-0.15, -0.1) is 0 Å². The number of ketones is 1. The molecular formula is C19H21F3O3Se. The molecule has 0 N–H and O–H groups in total. The summed E-state index contributed by atoms with van der Waals surface area (Å²) in [6.07, 6.45) is 4.52. The van der Waals surface area contributed by atoms with Crippen molar-refractivity contribution in [1.82, 2.24) is 0 Å². The predicted molar refractivity (Wildman–Crippen MR) is 92.8 cm³/mol. The minimum atomic E-state index is -4.19. The van der Waals surface area contributed by atoms with Crippen LogP contribution in [0.5, 0.6) is 0 Å². The third kappa shape index (κ3) is 6.61. The monoisotopic (exact) mass is 434 g/mol. The Morgan fingerprint density at radius 3 is 2.62 bits per heavy atom. The summed E-state index contributed by atoms with van der Waals surface area (Å²) in [4.78, 5) is 24.7. The normalized spacial score (nSPS) is 19.1. The van der Waals surface area contributed by atoms with Crippen LogP contribution in [0, 0.1) is 5.92 Å². The molecule has 0 bridgehead atoms. The Kier molecular flexibility index (Phi) is 7.47. The Hall–Kier alpha value is -1.59. The van der Waals surface area contributed by atoms with Crippen LogP contribution in [0.1, 0.15) is 43.2 Å². The first-order chi connectivity index (χ1) is 12.3. The van der Waals surface area contributed by atoms with E-state index in [0.717, 1.165) is 35.4 Å². The Balaban J connectivity index is 1.81. The number of esters is 1. The molecule has 0 amide bonds. The maximum atomic E-state index is 12.0. The number of carbonyl (C=O) groups is 2. The first kappa shape index (κ1) is 20.7. The standard InChI is InChI=1S/C19H21F3O3Se/c1-13(18(24)25-10-3-11-26-19(20,21)22)15-8-6-14(7-9-15)12-16-4-2-5-17(16)23/h3,6-9,11,13,16H,2,4-5,10,12H2,1H3/b11-3+. The van der Waals surface area contributed by atoms with E-state index < -0.39 is 31.9 Å². The van der Waals surface area contributed by atoms with E-state index in [2.05, 4.69) is 0 Å². The molecule has 1 saturated carbocycles. The fourth-order valence-electron chi connectivity index (χ4n) is 2.89.